The third-order valence-electron chi connectivity index (χ3n) is 5.34. The summed E-state index contributed by atoms with van der Waals surface area (Å²) < 4.78 is 2.51. The highest BCUT2D eigenvalue weighted by Crippen LogP contribution is 2.40. The van der Waals surface area contributed by atoms with Crippen LogP contribution in [0.15, 0.2) is 60.7 Å². The summed E-state index contributed by atoms with van der Waals surface area (Å²) in [6.45, 7) is 3.28. The van der Waals surface area contributed by atoms with Gasteiger partial charge >= 0.3 is 0 Å². The fourth-order valence-corrected chi connectivity index (χ4v) is 4.36. The van der Waals surface area contributed by atoms with Gasteiger partial charge in [0.1, 0.15) is 0 Å². The molecule has 0 aliphatic carbocycles. The van der Waals surface area contributed by atoms with Crippen LogP contribution < -0.4 is 5.32 Å². The predicted octanol–water partition coefficient (Wildman–Crippen LogP) is 5.68. The average Bonchev–Trinajstić information content (AvgIpc) is 3.00. The van der Waals surface area contributed by atoms with Crippen molar-refractivity contribution in [1.29, 1.82) is 0 Å². The Kier molecular flexibility index (Phi) is 3.30. The molecule has 0 spiro atoms. The van der Waals surface area contributed by atoms with E-state index in [1.54, 1.807) is 0 Å². The number of fused-ring (bicyclic) bond motifs is 3. The normalized spacial score (nSPS) is 13.3. The highest BCUT2D eigenvalue weighted by molar-refractivity contribution is 6.00. The van der Waals surface area contributed by atoms with E-state index in [4.69, 9.17) is 0 Å². The standard InChI is InChI=1S/C23H22N2/c1-2-8-17-15-20-23-19(13-14-24-20)18-11-6-7-12-21(18)25(23)22(17)16-9-4-3-5-10-16/h3-7,9-12,15,24H,2,8,13-14H2,1H3. The second-order valence-corrected chi connectivity index (χ2v) is 6.90. The zero-order chi connectivity index (χ0) is 16.8. The van der Waals surface area contributed by atoms with Crippen LogP contribution in [0.25, 0.3) is 27.7 Å². The molecular formula is C23H22N2. The molecule has 3 heterocycles. The van der Waals surface area contributed by atoms with Gasteiger partial charge in [-0.1, -0.05) is 61.9 Å². The van der Waals surface area contributed by atoms with E-state index in [9.17, 15) is 0 Å². The molecule has 2 nitrogen and oxygen atoms in total. The van der Waals surface area contributed by atoms with Crippen LogP contribution in [-0.4, -0.2) is 10.9 Å². The van der Waals surface area contributed by atoms with Crippen LogP contribution in [0.5, 0.6) is 0 Å². The van der Waals surface area contributed by atoms with Crippen LogP contribution in [0, 0.1) is 0 Å². The first kappa shape index (κ1) is 14.6. The second-order valence-electron chi connectivity index (χ2n) is 6.90. The highest BCUT2D eigenvalue weighted by atomic mass is 15.0. The zero-order valence-electron chi connectivity index (χ0n) is 14.5. The lowest BCUT2D eigenvalue weighted by Gasteiger charge is -2.21. The van der Waals surface area contributed by atoms with Gasteiger partial charge < -0.3 is 9.72 Å². The van der Waals surface area contributed by atoms with E-state index in [1.807, 2.05) is 0 Å². The molecule has 0 saturated carbocycles. The van der Waals surface area contributed by atoms with E-state index >= 15 is 0 Å². The molecular weight excluding hydrogens is 304 g/mol. The van der Waals surface area contributed by atoms with E-state index in [-0.39, 0.29) is 0 Å². The summed E-state index contributed by atoms with van der Waals surface area (Å²) in [5.41, 5.74) is 9.56. The van der Waals surface area contributed by atoms with Crippen LogP contribution in [-0.2, 0) is 12.8 Å². The average molecular weight is 326 g/mol. The number of aryl methyl sites for hydroxylation is 1. The molecule has 0 saturated heterocycles. The number of pyridine rings is 1. The van der Waals surface area contributed by atoms with Crippen molar-refractivity contribution >= 4 is 22.1 Å². The molecule has 0 bridgehead atoms. The third kappa shape index (κ3) is 2.10. The molecule has 4 aromatic rings. The Balaban J connectivity index is 2.00. The number of hydrogen-bond donors (Lipinski definition) is 1. The van der Waals surface area contributed by atoms with Crippen LogP contribution >= 0.6 is 0 Å². The topological polar surface area (TPSA) is 16.4 Å². The minimum atomic E-state index is 1.02. The van der Waals surface area contributed by atoms with Gasteiger partial charge in [0.05, 0.1) is 22.4 Å². The molecule has 25 heavy (non-hydrogen) atoms. The Morgan fingerprint density at radius 1 is 1.00 bits per heavy atom. The molecule has 0 radical (unpaired) electrons. The maximum atomic E-state index is 3.64. The highest BCUT2D eigenvalue weighted by Gasteiger charge is 2.23. The van der Waals surface area contributed by atoms with Crippen molar-refractivity contribution in [3.63, 3.8) is 0 Å². The summed E-state index contributed by atoms with van der Waals surface area (Å²) in [4.78, 5) is 0. The van der Waals surface area contributed by atoms with Gasteiger partial charge in [-0.2, -0.15) is 0 Å². The third-order valence-corrected chi connectivity index (χ3v) is 5.34. The van der Waals surface area contributed by atoms with Crippen LogP contribution in [0.2, 0.25) is 0 Å². The molecule has 5 rings (SSSR count). The molecule has 2 aromatic heterocycles. The van der Waals surface area contributed by atoms with Gasteiger partial charge in [0.2, 0.25) is 0 Å². The minimum absolute atomic E-state index is 1.02. The zero-order valence-corrected chi connectivity index (χ0v) is 14.5. The van der Waals surface area contributed by atoms with Crippen molar-refractivity contribution in [2.24, 2.45) is 0 Å². The van der Waals surface area contributed by atoms with Crippen molar-refractivity contribution < 1.29 is 0 Å². The molecule has 0 unspecified atom stereocenters. The Bertz CT molecular complexity index is 1070. The largest absolute Gasteiger partial charge is 0.383 e. The number of aromatic nitrogens is 1. The van der Waals surface area contributed by atoms with Crippen molar-refractivity contribution in [1.82, 2.24) is 4.40 Å². The SMILES string of the molecule is CCCc1cc2c3c(c4ccccc4n3c1-c1ccccc1)CCN2. The number of anilines is 1. The summed E-state index contributed by atoms with van der Waals surface area (Å²) in [6.07, 6.45) is 3.33. The fraction of sp³-hybridized carbons (Fsp3) is 0.217. The first-order chi connectivity index (χ1) is 12.4. The quantitative estimate of drug-likeness (QED) is 0.512. The molecule has 2 aromatic carbocycles. The van der Waals surface area contributed by atoms with Gasteiger partial charge in [0, 0.05) is 11.9 Å². The lowest BCUT2D eigenvalue weighted by molar-refractivity contribution is 0.910. The van der Waals surface area contributed by atoms with Crippen LogP contribution in [0.3, 0.4) is 0 Å². The minimum Gasteiger partial charge on any atom is -0.383 e. The van der Waals surface area contributed by atoms with Crippen LogP contribution in [0.4, 0.5) is 5.69 Å². The molecule has 0 fully saturated rings. The van der Waals surface area contributed by atoms with E-state index in [0.717, 1.165) is 25.8 Å². The lowest BCUT2D eigenvalue weighted by Crippen LogP contribution is -2.13. The summed E-state index contributed by atoms with van der Waals surface area (Å²) in [7, 11) is 0. The van der Waals surface area contributed by atoms with E-state index in [1.165, 1.54) is 44.5 Å². The number of hydrogen-bond acceptors (Lipinski definition) is 1. The van der Waals surface area contributed by atoms with Gasteiger partial charge in [-0.3, -0.25) is 0 Å². The Hall–Kier alpha value is -2.74. The number of benzene rings is 2. The number of rotatable bonds is 3. The Labute approximate surface area is 148 Å². The van der Waals surface area contributed by atoms with Gasteiger partial charge in [0.15, 0.2) is 0 Å². The molecule has 0 atom stereocenters. The van der Waals surface area contributed by atoms with Gasteiger partial charge in [-0.05, 0) is 41.7 Å². The predicted molar refractivity (Wildman–Crippen MR) is 107 cm³/mol. The number of nitrogens with zero attached hydrogens (tertiary/aromatic N) is 1. The van der Waals surface area contributed by atoms with E-state index in [2.05, 4.69) is 77.3 Å². The molecule has 1 aliphatic rings. The second kappa shape index (κ2) is 5.66. The molecule has 1 N–H and O–H groups in total. The molecule has 1 aliphatic heterocycles. The Morgan fingerprint density at radius 3 is 2.64 bits per heavy atom. The number of nitrogens with one attached hydrogen (secondary N) is 1. The van der Waals surface area contributed by atoms with Crippen molar-refractivity contribution in [2.75, 3.05) is 11.9 Å². The van der Waals surface area contributed by atoms with Gasteiger partial charge in [-0.25, -0.2) is 0 Å². The summed E-state index contributed by atoms with van der Waals surface area (Å²) in [5, 5.41) is 5.04. The first-order valence-corrected chi connectivity index (χ1v) is 9.25. The maximum Gasteiger partial charge on any atom is 0.0733 e. The van der Waals surface area contributed by atoms with Crippen LogP contribution in [0.1, 0.15) is 24.5 Å². The van der Waals surface area contributed by atoms with Crippen molar-refractivity contribution in [3.8, 4) is 11.3 Å². The smallest absolute Gasteiger partial charge is 0.0733 e. The Morgan fingerprint density at radius 2 is 1.80 bits per heavy atom. The first-order valence-electron chi connectivity index (χ1n) is 9.25. The molecule has 2 heteroatoms. The molecule has 0 amide bonds. The van der Waals surface area contributed by atoms with Gasteiger partial charge in [0.25, 0.3) is 0 Å². The van der Waals surface area contributed by atoms with Crippen molar-refractivity contribution in [2.45, 2.75) is 26.2 Å². The molecule has 124 valence electrons. The summed E-state index contributed by atoms with van der Waals surface area (Å²) in [6, 6.07) is 22.1. The fourth-order valence-electron chi connectivity index (χ4n) is 4.36. The number of para-hydroxylation sites is 1. The van der Waals surface area contributed by atoms with Crippen molar-refractivity contribution in [3.05, 3.63) is 71.8 Å². The summed E-state index contributed by atoms with van der Waals surface area (Å²) >= 11 is 0. The van der Waals surface area contributed by atoms with Gasteiger partial charge in [-0.15, -0.1) is 0 Å². The van der Waals surface area contributed by atoms with E-state index < -0.39 is 0 Å². The summed E-state index contributed by atoms with van der Waals surface area (Å²) in [5.74, 6) is 0. The monoisotopic (exact) mass is 326 g/mol. The lowest BCUT2D eigenvalue weighted by atomic mass is 9.99. The maximum absolute atomic E-state index is 3.64. The van der Waals surface area contributed by atoms with E-state index in [0.29, 0.717) is 0 Å².